The highest BCUT2D eigenvalue weighted by atomic mass is 35.5. The molecule has 2 aliphatic heterocycles. The lowest BCUT2D eigenvalue weighted by Crippen LogP contribution is -2.54. The van der Waals surface area contributed by atoms with Gasteiger partial charge in [0.1, 0.15) is 11.5 Å². The monoisotopic (exact) mass is 341 g/mol. The second-order valence-electron chi connectivity index (χ2n) is 6.61. The molecule has 1 aliphatic carbocycles. The third-order valence-electron chi connectivity index (χ3n) is 5.32. The van der Waals surface area contributed by atoms with E-state index in [1.807, 2.05) is 24.3 Å². The summed E-state index contributed by atoms with van der Waals surface area (Å²) < 4.78 is 5.27. The van der Waals surface area contributed by atoms with Crippen LogP contribution in [0.2, 0.25) is 5.02 Å². The third-order valence-corrected chi connectivity index (χ3v) is 5.57. The highest BCUT2D eigenvalue weighted by molar-refractivity contribution is 6.30. The smallest absolute Gasteiger partial charge is 0.140 e. The molecule has 5 rings (SSSR count). The Balaban J connectivity index is 1.76. The molecule has 2 aromatic carbocycles. The van der Waals surface area contributed by atoms with Crippen molar-refractivity contribution in [1.29, 1.82) is 0 Å². The first-order chi connectivity index (χ1) is 11.7. The second-order valence-corrected chi connectivity index (χ2v) is 7.05. The molecule has 4 heteroatoms. The van der Waals surface area contributed by atoms with Gasteiger partial charge in [0, 0.05) is 29.1 Å². The summed E-state index contributed by atoms with van der Waals surface area (Å²) >= 11 is 6.05. The molecule has 0 radical (unpaired) electrons. The van der Waals surface area contributed by atoms with Crippen molar-refractivity contribution in [1.82, 2.24) is 0 Å². The number of carbonyl (C=O) groups is 1. The summed E-state index contributed by atoms with van der Waals surface area (Å²) in [5.41, 5.74) is 2.32. The second kappa shape index (κ2) is 6.14. The number of nitrogens with zero attached hydrogens (tertiary/aromatic N) is 1. The first-order valence-corrected chi connectivity index (χ1v) is 8.76. The molecule has 24 heavy (non-hydrogen) atoms. The number of halogens is 1. The topological polar surface area (TPSA) is 29.5 Å². The molecule has 0 N–H and O–H groups in total. The number of rotatable bonds is 3. The minimum atomic E-state index is 0.0678. The maximum atomic E-state index is 12.5. The minimum Gasteiger partial charge on any atom is -0.497 e. The van der Waals surface area contributed by atoms with Crippen molar-refractivity contribution in [3.8, 4) is 5.75 Å². The van der Waals surface area contributed by atoms with Gasteiger partial charge in [-0.25, -0.2) is 0 Å². The van der Waals surface area contributed by atoms with Crippen molar-refractivity contribution in [3.63, 3.8) is 0 Å². The van der Waals surface area contributed by atoms with Crippen LogP contribution in [-0.2, 0) is 4.79 Å². The Morgan fingerprint density at radius 3 is 2.38 bits per heavy atom. The Labute approximate surface area is 147 Å². The van der Waals surface area contributed by atoms with E-state index in [-0.39, 0.29) is 18.0 Å². The van der Waals surface area contributed by atoms with E-state index < -0.39 is 0 Å². The van der Waals surface area contributed by atoms with Crippen molar-refractivity contribution in [3.05, 3.63) is 59.1 Å². The SMILES string of the molecule is COc1ccc(N2C3CCC(C(=O)C3)C2c2ccc(Cl)cc2)cc1. The number of piperidine rings is 2. The van der Waals surface area contributed by atoms with Crippen LogP contribution in [-0.4, -0.2) is 18.9 Å². The standard InChI is InChI=1S/C20H20ClNO2/c1-24-17-9-6-15(7-10-17)22-16-8-11-18(19(23)12-16)20(22)13-2-4-14(21)5-3-13/h2-7,9-10,16,18,20H,8,11-12H2,1H3. The normalized spacial score (nSPS) is 25.8. The minimum absolute atomic E-state index is 0.0678. The zero-order chi connectivity index (χ0) is 16.7. The van der Waals surface area contributed by atoms with Crippen LogP contribution in [0.4, 0.5) is 5.69 Å². The molecule has 124 valence electrons. The van der Waals surface area contributed by atoms with Crippen LogP contribution in [0.25, 0.3) is 0 Å². The molecular formula is C20H20ClNO2. The van der Waals surface area contributed by atoms with Gasteiger partial charge in [-0.15, -0.1) is 0 Å². The van der Waals surface area contributed by atoms with Crippen LogP contribution in [0.1, 0.15) is 30.9 Å². The van der Waals surface area contributed by atoms with E-state index in [1.54, 1.807) is 7.11 Å². The van der Waals surface area contributed by atoms with Crippen molar-refractivity contribution in [2.24, 2.45) is 5.92 Å². The highest BCUT2D eigenvalue weighted by Crippen LogP contribution is 2.48. The molecule has 3 fully saturated rings. The number of benzene rings is 2. The number of hydrogen-bond acceptors (Lipinski definition) is 3. The highest BCUT2D eigenvalue weighted by Gasteiger charge is 2.47. The van der Waals surface area contributed by atoms with Gasteiger partial charge in [-0.3, -0.25) is 4.79 Å². The van der Waals surface area contributed by atoms with E-state index >= 15 is 0 Å². The fraction of sp³-hybridized carbons (Fsp3) is 0.350. The quantitative estimate of drug-likeness (QED) is 0.814. The Bertz CT molecular complexity index is 741. The predicted octanol–water partition coefficient (Wildman–Crippen LogP) is 4.65. The molecule has 1 saturated carbocycles. The van der Waals surface area contributed by atoms with Crippen LogP contribution >= 0.6 is 11.6 Å². The Morgan fingerprint density at radius 2 is 1.75 bits per heavy atom. The number of fused-ring (bicyclic) bond motifs is 3. The van der Waals surface area contributed by atoms with Crippen LogP contribution in [0, 0.1) is 5.92 Å². The number of ketones is 1. The molecule has 0 aromatic heterocycles. The fourth-order valence-corrected chi connectivity index (χ4v) is 4.32. The van der Waals surface area contributed by atoms with Gasteiger partial charge >= 0.3 is 0 Å². The van der Waals surface area contributed by atoms with Gasteiger partial charge in [0.25, 0.3) is 0 Å². The van der Waals surface area contributed by atoms with Crippen molar-refractivity contribution in [2.75, 3.05) is 12.0 Å². The number of ether oxygens (including phenoxy) is 1. The van der Waals surface area contributed by atoms with E-state index in [4.69, 9.17) is 16.3 Å². The average Bonchev–Trinajstić information content (AvgIpc) is 2.62. The van der Waals surface area contributed by atoms with Crippen molar-refractivity contribution < 1.29 is 9.53 Å². The molecule has 0 spiro atoms. The van der Waals surface area contributed by atoms with Crippen LogP contribution in [0.3, 0.4) is 0 Å². The number of hydrogen-bond donors (Lipinski definition) is 0. The predicted molar refractivity (Wildman–Crippen MR) is 95.8 cm³/mol. The van der Waals surface area contributed by atoms with E-state index in [2.05, 4.69) is 29.2 Å². The molecule has 3 aliphatic rings. The van der Waals surface area contributed by atoms with E-state index in [0.29, 0.717) is 12.2 Å². The average molecular weight is 342 g/mol. The maximum Gasteiger partial charge on any atom is 0.140 e. The number of carbonyl (C=O) groups excluding carboxylic acids is 1. The Hall–Kier alpha value is -2.00. The summed E-state index contributed by atoms with van der Waals surface area (Å²) in [7, 11) is 1.67. The summed E-state index contributed by atoms with van der Waals surface area (Å²) in [6.45, 7) is 0. The van der Waals surface area contributed by atoms with Crippen LogP contribution in [0.5, 0.6) is 5.75 Å². The zero-order valence-corrected chi connectivity index (χ0v) is 14.4. The molecule has 3 nitrogen and oxygen atoms in total. The zero-order valence-electron chi connectivity index (χ0n) is 13.6. The number of anilines is 1. The van der Waals surface area contributed by atoms with E-state index in [9.17, 15) is 4.79 Å². The summed E-state index contributed by atoms with van der Waals surface area (Å²) in [5.74, 6) is 1.31. The van der Waals surface area contributed by atoms with Gasteiger partial charge in [0.15, 0.2) is 0 Å². The number of methoxy groups -OCH3 is 1. The number of Topliss-reactive ketones (excluding diaryl/α,β-unsaturated/α-hetero) is 1. The van der Waals surface area contributed by atoms with Gasteiger partial charge < -0.3 is 9.64 Å². The first-order valence-electron chi connectivity index (χ1n) is 8.38. The molecular weight excluding hydrogens is 322 g/mol. The fourth-order valence-electron chi connectivity index (χ4n) is 4.19. The summed E-state index contributed by atoms with van der Waals surface area (Å²) in [5, 5.41) is 0.724. The van der Waals surface area contributed by atoms with Crippen LogP contribution in [0.15, 0.2) is 48.5 Å². The molecule has 3 unspecified atom stereocenters. The van der Waals surface area contributed by atoms with Crippen molar-refractivity contribution in [2.45, 2.75) is 31.3 Å². The lowest BCUT2D eigenvalue weighted by atomic mass is 9.71. The van der Waals surface area contributed by atoms with E-state index in [1.165, 1.54) is 0 Å². The largest absolute Gasteiger partial charge is 0.497 e. The lowest BCUT2D eigenvalue weighted by molar-refractivity contribution is -0.128. The van der Waals surface area contributed by atoms with Crippen LogP contribution < -0.4 is 9.64 Å². The Morgan fingerprint density at radius 1 is 1.04 bits per heavy atom. The summed E-state index contributed by atoms with van der Waals surface area (Å²) in [4.78, 5) is 14.9. The lowest BCUT2D eigenvalue weighted by Gasteiger charge is -2.52. The van der Waals surface area contributed by atoms with Gasteiger partial charge in [-0.05, 0) is 54.8 Å². The molecule has 2 saturated heterocycles. The van der Waals surface area contributed by atoms with Gasteiger partial charge in [0.2, 0.25) is 0 Å². The van der Waals surface area contributed by atoms with Gasteiger partial charge in [0.05, 0.1) is 13.2 Å². The summed E-state index contributed by atoms with van der Waals surface area (Å²) in [6, 6.07) is 16.4. The first kappa shape index (κ1) is 15.5. The molecule has 2 heterocycles. The summed E-state index contributed by atoms with van der Waals surface area (Å²) in [6.07, 6.45) is 2.71. The molecule has 0 amide bonds. The van der Waals surface area contributed by atoms with Crippen molar-refractivity contribution >= 4 is 23.1 Å². The molecule has 2 bridgehead atoms. The van der Waals surface area contributed by atoms with Gasteiger partial charge in [-0.2, -0.15) is 0 Å². The molecule has 2 aromatic rings. The third kappa shape index (κ3) is 2.57. The Kier molecular flexibility index (Phi) is 3.97. The van der Waals surface area contributed by atoms with E-state index in [0.717, 1.165) is 34.9 Å². The maximum absolute atomic E-state index is 12.5. The van der Waals surface area contributed by atoms with Gasteiger partial charge in [-0.1, -0.05) is 23.7 Å². The molecule has 3 atom stereocenters.